The lowest BCUT2D eigenvalue weighted by molar-refractivity contribution is -0.120. The van der Waals surface area contributed by atoms with Gasteiger partial charge < -0.3 is 15.4 Å². The van der Waals surface area contributed by atoms with Crippen molar-refractivity contribution in [2.45, 2.75) is 12.5 Å². The van der Waals surface area contributed by atoms with Crippen LogP contribution in [0, 0.1) is 0 Å². The summed E-state index contributed by atoms with van der Waals surface area (Å²) >= 11 is 0. The van der Waals surface area contributed by atoms with E-state index in [-0.39, 0.29) is 30.0 Å². The fourth-order valence-corrected chi connectivity index (χ4v) is 4.12. The number of hydrogen-bond donors (Lipinski definition) is 2. The van der Waals surface area contributed by atoms with Crippen molar-refractivity contribution in [3.8, 4) is 0 Å². The molecule has 2 saturated heterocycles. The first-order valence-electron chi connectivity index (χ1n) is 7.06. The minimum Gasteiger partial charge on any atom is -0.379 e. The molecule has 0 radical (unpaired) electrons. The Hall–Kier alpha value is -0.700. The molecule has 0 bridgehead atoms. The van der Waals surface area contributed by atoms with Gasteiger partial charge in [-0.25, -0.2) is 8.42 Å². The third kappa shape index (κ3) is 5.35. The summed E-state index contributed by atoms with van der Waals surface area (Å²) in [5.41, 5.74) is 0. The standard InChI is InChI=1S/C12H23N3O4S/c16-12(14-11-1-8-20(17,18)10-11)9-13-2-3-15-4-6-19-7-5-15/h11,13H,1-10H2,(H,14,16). The van der Waals surface area contributed by atoms with Crippen LogP contribution in [0.15, 0.2) is 0 Å². The van der Waals surface area contributed by atoms with Gasteiger partial charge in [0.15, 0.2) is 9.84 Å². The molecular weight excluding hydrogens is 282 g/mol. The fourth-order valence-electron chi connectivity index (χ4n) is 2.45. The van der Waals surface area contributed by atoms with Crippen molar-refractivity contribution >= 4 is 15.7 Å². The molecule has 2 aliphatic heterocycles. The van der Waals surface area contributed by atoms with Gasteiger partial charge in [0.2, 0.25) is 5.91 Å². The molecule has 0 spiro atoms. The summed E-state index contributed by atoms with van der Waals surface area (Å²) in [7, 11) is -2.93. The summed E-state index contributed by atoms with van der Waals surface area (Å²) in [6.07, 6.45) is 0.530. The molecule has 2 fully saturated rings. The molecule has 2 heterocycles. The van der Waals surface area contributed by atoms with Crippen LogP contribution in [0.1, 0.15) is 6.42 Å². The number of morpholine rings is 1. The third-order valence-corrected chi connectivity index (χ3v) is 5.36. The Labute approximate surface area is 120 Å². The van der Waals surface area contributed by atoms with Gasteiger partial charge in [-0.05, 0) is 6.42 Å². The highest BCUT2D eigenvalue weighted by Crippen LogP contribution is 2.10. The summed E-state index contributed by atoms with van der Waals surface area (Å²) in [5, 5.41) is 5.84. The number of nitrogens with zero attached hydrogens (tertiary/aromatic N) is 1. The quantitative estimate of drug-likeness (QED) is 0.564. The summed E-state index contributed by atoms with van der Waals surface area (Å²) in [4.78, 5) is 13.9. The van der Waals surface area contributed by atoms with Gasteiger partial charge >= 0.3 is 0 Å². The fraction of sp³-hybridized carbons (Fsp3) is 0.917. The topological polar surface area (TPSA) is 87.7 Å². The number of rotatable bonds is 6. The van der Waals surface area contributed by atoms with Crippen molar-refractivity contribution < 1.29 is 17.9 Å². The predicted molar refractivity (Wildman–Crippen MR) is 75.3 cm³/mol. The Morgan fingerprint density at radius 2 is 2.05 bits per heavy atom. The predicted octanol–water partition coefficient (Wildman–Crippen LogP) is -1.79. The SMILES string of the molecule is O=C(CNCCN1CCOCC1)NC1CCS(=O)(=O)C1. The maximum atomic E-state index is 11.7. The molecule has 2 N–H and O–H groups in total. The molecule has 1 atom stereocenters. The summed E-state index contributed by atoms with van der Waals surface area (Å²) in [6.45, 7) is 5.31. The zero-order chi connectivity index (χ0) is 14.4. The van der Waals surface area contributed by atoms with Crippen LogP contribution in [0.4, 0.5) is 0 Å². The van der Waals surface area contributed by atoms with Crippen molar-refractivity contribution in [3.63, 3.8) is 0 Å². The minimum absolute atomic E-state index is 0.0759. The van der Waals surface area contributed by atoms with Crippen molar-refractivity contribution in [2.75, 3.05) is 57.4 Å². The molecule has 0 aliphatic carbocycles. The zero-order valence-corrected chi connectivity index (χ0v) is 12.5. The number of carbonyl (C=O) groups excluding carboxylic acids is 1. The van der Waals surface area contributed by atoms with Gasteiger partial charge in [0, 0.05) is 32.2 Å². The Morgan fingerprint density at radius 3 is 2.70 bits per heavy atom. The summed E-state index contributed by atoms with van der Waals surface area (Å²) in [5.74, 6) is 0.128. The van der Waals surface area contributed by atoms with Gasteiger partial charge in [-0.15, -0.1) is 0 Å². The number of hydrogen-bond acceptors (Lipinski definition) is 6. The van der Waals surface area contributed by atoms with Crippen molar-refractivity contribution in [2.24, 2.45) is 0 Å². The maximum absolute atomic E-state index is 11.7. The second kappa shape index (κ2) is 7.35. The molecule has 0 aromatic heterocycles. The average Bonchev–Trinajstić information content (AvgIpc) is 2.75. The van der Waals surface area contributed by atoms with Crippen molar-refractivity contribution in [1.82, 2.24) is 15.5 Å². The van der Waals surface area contributed by atoms with E-state index in [4.69, 9.17) is 4.74 Å². The summed E-state index contributed by atoms with van der Waals surface area (Å²) in [6, 6.07) is -0.214. The Balaban J connectivity index is 1.54. The number of sulfone groups is 1. The Morgan fingerprint density at radius 1 is 1.30 bits per heavy atom. The summed E-state index contributed by atoms with van der Waals surface area (Å²) < 4.78 is 27.8. The maximum Gasteiger partial charge on any atom is 0.234 e. The zero-order valence-electron chi connectivity index (χ0n) is 11.6. The van der Waals surface area contributed by atoms with E-state index >= 15 is 0 Å². The number of ether oxygens (including phenoxy) is 1. The van der Waals surface area contributed by atoms with Crippen molar-refractivity contribution in [3.05, 3.63) is 0 Å². The molecule has 2 rings (SSSR count). The molecule has 0 aromatic carbocycles. The van der Waals surface area contributed by atoms with Crippen LogP contribution < -0.4 is 10.6 Å². The molecule has 2 aliphatic rings. The van der Waals surface area contributed by atoms with Gasteiger partial charge in [0.05, 0.1) is 31.3 Å². The molecule has 1 unspecified atom stereocenters. The van der Waals surface area contributed by atoms with E-state index in [9.17, 15) is 13.2 Å². The molecule has 7 nitrogen and oxygen atoms in total. The van der Waals surface area contributed by atoms with Gasteiger partial charge in [0.25, 0.3) is 0 Å². The molecule has 116 valence electrons. The lowest BCUT2D eigenvalue weighted by atomic mass is 10.2. The Kier molecular flexibility index (Phi) is 5.76. The highest BCUT2D eigenvalue weighted by molar-refractivity contribution is 7.91. The van der Waals surface area contributed by atoms with Gasteiger partial charge in [0.1, 0.15) is 0 Å². The second-order valence-corrected chi connectivity index (χ2v) is 7.53. The van der Waals surface area contributed by atoms with E-state index in [1.807, 2.05) is 0 Å². The molecule has 20 heavy (non-hydrogen) atoms. The molecule has 1 amide bonds. The van der Waals surface area contributed by atoms with Gasteiger partial charge in [-0.2, -0.15) is 0 Å². The molecule has 8 heteroatoms. The minimum atomic E-state index is -2.93. The first-order chi connectivity index (χ1) is 9.55. The largest absolute Gasteiger partial charge is 0.379 e. The number of amides is 1. The molecule has 0 saturated carbocycles. The van der Waals surface area contributed by atoms with E-state index < -0.39 is 9.84 Å². The van der Waals surface area contributed by atoms with E-state index in [0.29, 0.717) is 6.42 Å². The number of nitrogens with one attached hydrogen (secondary N) is 2. The lowest BCUT2D eigenvalue weighted by Gasteiger charge is -2.26. The Bertz CT molecular complexity index is 420. The highest BCUT2D eigenvalue weighted by Gasteiger charge is 2.28. The van der Waals surface area contributed by atoms with Crippen LogP contribution in [0.25, 0.3) is 0 Å². The second-order valence-electron chi connectivity index (χ2n) is 5.30. The monoisotopic (exact) mass is 305 g/mol. The first-order valence-corrected chi connectivity index (χ1v) is 8.88. The highest BCUT2D eigenvalue weighted by atomic mass is 32.2. The molecular formula is C12H23N3O4S. The van der Waals surface area contributed by atoms with Gasteiger partial charge in [-0.3, -0.25) is 9.69 Å². The lowest BCUT2D eigenvalue weighted by Crippen LogP contribution is -2.44. The van der Waals surface area contributed by atoms with Crippen molar-refractivity contribution in [1.29, 1.82) is 0 Å². The van der Waals surface area contributed by atoms with Crippen LogP contribution in [-0.2, 0) is 19.4 Å². The average molecular weight is 305 g/mol. The van der Waals surface area contributed by atoms with E-state index in [1.54, 1.807) is 0 Å². The van der Waals surface area contributed by atoms with Crippen LogP contribution >= 0.6 is 0 Å². The van der Waals surface area contributed by atoms with Crippen LogP contribution in [-0.4, -0.2) is 82.7 Å². The number of carbonyl (C=O) groups is 1. The normalized spacial score (nSPS) is 26.5. The van der Waals surface area contributed by atoms with Crippen LogP contribution in [0.5, 0.6) is 0 Å². The van der Waals surface area contributed by atoms with E-state index in [0.717, 1.165) is 39.4 Å². The van der Waals surface area contributed by atoms with Crippen LogP contribution in [0.3, 0.4) is 0 Å². The molecule has 0 aromatic rings. The third-order valence-electron chi connectivity index (χ3n) is 3.59. The van der Waals surface area contributed by atoms with Gasteiger partial charge in [-0.1, -0.05) is 0 Å². The first kappa shape index (κ1) is 15.7. The van der Waals surface area contributed by atoms with E-state index in [2.05, 4.69) is 15.5 Å². The van der Waals surface area contributed by atoms with Crippen LogP contribution in [0.2, 0.25) is 0 Å². The smallest absolute Gasteiger partial charge is 0.234 e. The van der Waals surface area contributed by atoms with E-state index in [1.165, 1.54) is 0 Å².